The molecule has 1 aromatic heterocycles. The molecule has 0 aliphatic carbocycles. The number of aromatic nitrogens is 1. The van der Waals surface area contributed by atoms with Crippen molar-refractivity contribution in [2.75, 3.05) is 20.3 Å². The number of pyridine rings is 1. The Hall–Kier alpha value is -2.91. The molecule has 6 heteroatoms. The standard InChI is InChI=1S/C20H21N3O3/c1-25-17-4-2-15(3-5-17)18(16-6-10-22-11-7-16)23-19(24)20(14-21)8-12-26-13-9-20/h2-7,10-11,18H,8-9,12-13H2,1H3,(H,23,24)/t18-/m0/s1. The smallest absolute Gasteiger partial charge is 0.241 e. The van der Waals surface area contributed by atoms with Crippen molar-refractivity contribution in [3.8, 4) is 11.8 Å². The fourth-order valence-electron chi connectivity index (χ4n) is 3.09. The average Bonchev–Trinajstić information content (AvgIpc) is 2.73. The molecule has 1 aliphatic heterocycles. The highest BCUT2D eigenvalue weighted by molar-refractivity contribution is 5.86. The van der Waals surface area contributed by atoms with Gasteiger partial charge in [-0.15, -0.1) is 0 Å². The molecule has 0 radical (unpaired) electrons. The molecular weight excluding hydrogens is 330 g/mol. The van der Waals surface area contributed by atoms with E-state index in [0.29, 0.717) is 26.1 Å². The average molecular weight is 351 g/mol. The van der Waals surface area contributed by atoms with Gasteiger partial charge in [-0.25, -0.2) is 0 Å². The molecule has 134 valence electrons. The van der Waals surface area contributed by atoms with Crippen molar-refractivity contribution in [2.45, 2.75) is 18.9 Å². The number of nitrogens with one attached hydrogen (secondary N) is 1. The summed E-state index contributed by atoms with van der Waals surface area (Å²) < 4.78 is 10.5. The number of nitriles is 1. The first-order chi connectivity index (χ1) is 12.7. The number of ether oxygens (including phenoxy) is 2. The van der Waals surface area contributed by atoms with Gasteiger partial charge in [-0.1, -0.05) is 12.1 Å². The summed E-state index contributed by atoms with van der Waals surface area (Å²) in [6.45, 7) is 0.840. The Morgan fingerprint density at radius 3 is 2.38 bits per heavy atom. The Morgan fingerprint density at radius 2 is 1.81 bits per heavy atom. The second-order valence-electron chi connectivity index (χ2n) is 6.27. The van der Waals surface area contributed by atoms with Gasteiger partial charge in [0.1, 0.15) is 11.2 Å². The molecule has 1 aromatic carbocycles. The lowest BCUT2D eigenvalue weighted by Crippen LogP contribution is -2.45. The summed E-state index contributed by atoms with van der Waals surface area (Å²) in [5.74, 6) is 0.479. The van der Waals surface area contributed by atoms with Crippen molar-refractivity contribution in [1.82, 2.24) is 10.3 Å². The lowest BCUT2D eigenvalue weighted by atomic mass is 9.80. The number of nitrogens with zero attached hydrogens (tertiary/aromatic N) is 2. The minimum atomic E-state index is -1.05. The minimum Gasteiger partial charge on any atom is -0.497 e. The van der Waals surface area contributed by atoms with Crippen molar-refractivity contribution >= 4 is 5.91 Å². The summed E-state index contributed by atoms with van der Waals surface area (Å²) >= 11 is 0. The van der Waals surface area contributed by atoms with E-state index >= 15 is 0 Å². The summed E-state index contributed by atoms with van der Waals surface area (Å²) in [5.41, 5.74) is 0.764. The Kier molecular flexibility index (Phi) is 5.49. The summed E-state index contributed by atoms with van der Waals surface area (Å²) in [5, 5.41) is 12.7. The van der Waals surface area contributed by atoms with Crippen molar-refractivity contribution in [1.29, 1.82) is 5.26 Å². The van der Waals surface area contributed by atoms with Gasteiger partial charge in [0.05, 0.1) is 19.2 Å². The maximum absolute atomic E-state index is 13.0. The van der Waals surface area contributed by atoms with Crippen LogP contribution in [-0.4, -0.2) is 31.2 Å². The van der Waals surface area contributed by atoms with Gasteiger partial charge < -0.3 is 14.8 Å². The topological polar surface area (TPSA) is 84.2 Å². The summed E-state index contributed by atoms with van der Waals surface area (Å²) in [6.07, 6.45) is 4.18. The third-order valence-electron chi connectivity index (χ3n) is 4.76. The Morgan fingerprint density at radius 1 is 1.19 bits per heavy atom. The molecule has 1 fully saturated rings. The summed E-state index contributed by atoms with van der Waals surface area (Å²) in [6, 6.07) is 13.1. The molecule has 0 bridgehead atoms. The zero-order valence-corrected chi connectivity index (χ0v) is 14.6. The van der Waals surface area contributed by atoms with Crippen LogP contribution in [0.15, 0.2) is 48.8 Å². The fourth-order valence-corrected chi connectivity index (χ4v) is 3.09. The van der Waals surface area contributed by atoms with Crippen LogP contribution in [0.2, 0.25) is 0 Å². The normalized spacial score (nSPS) is 16.9. The lowest BCUT2D eigenvalue weighted by molar-refractivity contribution is -0.132. The van der Waals surface area contributed by atoms with Crippen LogP contribution in [0.5, 0.6) is 5.75 Å². The minimum absolute atomic E-state index is 0.263. The fraction of sp³-hybridized carbons (Fsp3) is 0.350. The van der Waals surface area contributed by atoms with Crippen LogP contribution < -0.4 is 10.1 Å². The molecule has 1 N–H and O–H groups in total. The van der Waals surface area contributed by atoms with Crippen LogP contribution in [0.25, 0.3) is 0 Å². The van der Waals surface area contributed by atoms with E-state index in [1.54, 1.807) is 19.5 Å². The largest absolute Gasteiger partial charge is 0.497 e. The lowest BCUT2D eigenvalue weighted by Gasteiger charge is -2.31. The quantitative estimate of drug-likeness (QED) is 0.895. The number of amides is 1. The highest BCUT2D eigenvalue weighted by Crippen LogP contribution is 2.32. The first kappa shape index (κ1) is 17.9. The van der Waals surface area contributed by atoms with Gasteiger partial charge in [-0.2, -0.15) is 5.26 Å². The molecule has 1 aliphatic rings. The predicted octanol–water partition coefficient (Wildman–Crippen LogP) is 2.62. The van der Waals surface area contributed by atoms with Gasteiger partial charge in [-0.3, -0.25) is 9.78 Å². The van der Waals surface area contributed by atoms with Gasteiger partial charge in [0.25, 0.3) is 0 Å². The zero-order chi connectivity index (χ0) is 18.4. The molecule has 1 atom stereocenters. The molecule has 0 unspecified atom stereocenters. The second-order valence-corrected chi connectivity index (χ2v) is 6.27. The SMILES string of the molecule is COc1ccc([C@H](NC(=O)C2(C#N)CCOCC2)c2ccncc2)cc1. The van der Waals surface area contributed by atoms with Crippen molar-refractivity contribution in [2.24, 2.45) is 5.41 Å². The molecule has 2 aromatic rings. The monoisotopic (exact) mass is 351 g/mol. The second kappa shape index (κ2) is 7.98. The van der Waals surface area contributed by atoms with Crippen LogP contribution in [0.1, 0.15) is 30.0 Å². The Labute approximate surface area is 152 Å². The van der Waals surface area contributed by atoms with Crippen LogP contribution in [0.4, 0.5) is 0 Å². The number of carbonyl (C=O) groups excluding carboxylic acids is 1. The predicted molar refractivity (Wildman–Crippen MR) is 95.3 cm³/mol. The van der Waals surface area contributed by atoms with Crippen LogP contribution >= 0.6 is 0 Å². The number of rotatable bonds is 5. The van der Waals surface area contributed by atoms with Gasteiger partial charge in [0.15, 0.2) is 0 Å². The molecule has 0 saturated carbocycles. The van der Waals surface area contributed by atoms with Crippen molar-refractivity contribution < 1.29 is 14.3 Å². The van der Waals surface area contributed by atoms with E-state index in [-0.39, 0.29) is 11.9 Å². The number of hydrogen-bond acceptors (Lipinski definition) is 5. The van der Waals surface area contributed by atoms with Gasteiger partial charge >= 0.3 is 0 Å². The molecular formula is C20H21N3O3. The van der Waals surface area contributed by atoms with E-state index in [1.165, 1.54) is 0 Å². The molecule has 2 heterocycles. The number of hydrogen-bond donors (Lipinski definition) is 1. The first-order valence-electron chi connectivity index (χ1n) is 8.52. The van der Waals surface area contributed by atoms with Crippen LogP contribution in [-0.2, 0) is 9.53 Å². The van der Waals surface area contributed by atoms with Gasteiger partial charge in [0, 0.05) is 25.6 Å². The molecule has 3 rings (SSSR count). The Bertz CT molecular complexity index is 778. The first-order valence-corrected chi connectivity index (χ1v) is 8.52. The maximum atomic E-state index is 13.0. The molecule has 26 heavy (non-hydrogen) atoms. The number of carbonyl (C=O) groups is 1. The zero-order valence-electron chi connectivity index (χ0n) is 14.6. The molecule has 1 saturated heterocycles. The van der Waals surface area contributed by atoms with E-state index in [2.05, 4.69) is 16.4 Å². The van der Waals surface area contributed by atoms with E-state index < -0.39 is 5.41 Å². The number of methoxy groups -OCH3 is 1. The number of benzene rings is 1. The summed E-state index contributed by atoms with van der Waals surface area (Å²) in [4.78, 5) is 17.0. The van der Waals surface area contributed by atoms with E-state index in [0.717, 1.165) is 16.9 Å². The summed E-state index contributed by atoms with van der Waals surface area (Å²) in [7, 11) is 1.61. The Balaban J connectivity index is 1.91. The van der Waals surface area contributed by atoms with E-state index in [1.807, 2.05) is 36.4 Å². The molecule has 1 amide bonds. The van der Waals surface area contributed by atoms with Crippen LogP contribution in [0, 0.1) is 16.7 Å². The highest BCUT2D eigenvalue weighted by atomic mass is 16.5. The van der Waals surface area contributed by atoms with Crippen molar-refractivity contribution in [3.05, 3.63) is 59.9 Å². The highest BCUT2D eigenvalue weighted by Gasteiger charge is 2.41. The maximum Gasteiger partial charge on any atom is 0.241 e. The molecule has 0 spiro atoms. The van der Waals surface area contributed by atoms with Gasteiger partial charge in [-0.05, 0) is 48.2 Å². The van der Waals surface area contributed by atoms with Gasteiger partial charge in [0.2, 0.25) is 5.91 Å². The molecule has 6 nitrogen and oxygen atoms in total. The van der Waals surface area contributed by atoms with Crippen molar-refractivity contribution in [3.63, 3.8) is 0 Å². The van der Waals surface area contributed by atoms with E-state index in [9.17, 15) is 10.1 Å². The van der Waals surface area contributed by atoms with E-state index in [4.69, 9.17) is 9.47 Å². The third kappa shape index (κ3) is 3.68. The van der Waals surface area contributed by atoms with Crippen LogP contribution in [0.3, 0.4) is 0 Å². The third-order valence-corrected chi connectivity index (χ3v) is 4.76.